The van der Waals surface area contributed by atoms with Gasteiger partial charge in [0.2, 0.25) is 5.91 Å². The number of thioether (sulfide) groups is 1. The Bertz CT molecular complexity index is 1870. The highest BCUT2D eigenvalue weighted by Crippen LogP contribution is 2.38. The average Bonchev–Trinajstić information content (AvgIpc) is 3.60. The average molecular weight is 806 g/mol. The summed E-state index contributed by atoms with van der Waals surface area (Å²) < 4.78 is 5.90. The number of anilines is 1. The van der Waals surface area contributed by atoms with Crippen molar-refractivity contribution in [2.75, 3.05) is 32.1 Å². The number of nitrogens with two attached hydrogens (primary N) is 1. The Morgan fingerprint density at radius 1 is 1.04 bits per heavy atom. The summed E-state index contributed by atoms with van der Waals surface area (Å²) >= 11 is 8.91. The van der Waals surface area contributed by atoms with Crippen molar-refractivity contribution in [2.45, 2.75) is 49.0 Å². The van der Waals surface area contributed by atoms with Crippen LogP contribution in [0.15, 0.2) is 58.9 Å². The van der Waals surface area contributed by atoms with E-state index in [0.29, 0.717) is 64.4 Å². The first-order chi connectivity index (χ1) is 24.2. The van der Waals surface area contributed by atoms with Gasteiger partial charge in [-0.2, -0.15) is 10.5 Å². The number of carbonyl (C=O) groups excluding carboxylic acids is 1. The van der Waals surface area contributed by atoms with Gasteiger partial charge < -0.3 is 31.5 Å². The summed E-state index contributed by atoms with van der Waals surface area (Å²) in [6, 6.07) is 17.4. The number of nitrogens with zero attached hydrogens (tertiary/aromatic N) is 4. The number of ether oxygens (including phenoxy) is 1. The molecule has 0 saturated carbocycles. The molecule has 6 N–H and O–H groups in total. The molecular formula is C35H39Cl3N8O4S2. The van der Waals surface area contributed by atoms with Crippen LogP contribution in [0, 0.1) is 22.7 Å². The number of rotatable bonds is 18. The van der Waals surface area contributed by atoms with Crippen LogP contribution in [0.4, 0.5) is 5.82 Å². The van der Waals surface area contributed by atoms with Crippen LogP contribution in [-0.4, -0.2) is 65.8 Å². The first-order valence-electron chi connectivity index (χ1n) is 15.8. The quantitative estimate of drug-likeness (QED) is 0.0541. The number of carboxylic acid groups (broad SMARTS) is 1. The van der Waals surface area contributed by atoms with Crippen molar-refractivity contribution < 1.29 is 19.4 Å². The molecule has 12 nitrogen and oxygen atoms in total. The van der Waals surface area contributed by atoms with E-state index in [1.807, 2.05) is 29.6 Å². The molecule has 0 aliphatic rings. The van der Waals surface area contributed by atoms with Gasteiger partial charge in [0.25, 0.3) is 0 Å². The molecule has 0 unspecified atom stereocenters. The van der Waals surface area contributed by atoms with Crippen molar-refractivity contribution in [1.29, 1.82) is 10.5 Å². The Hall–Kier alpha value is -4.12. The number of carboxylic acids is 1. The molecule has 52 heavy (non-hydrogen) atoms. The number of hydrogen-bond acceptors (Lipinski definition) is 12. The van der Waals surface area contributed by atoms with Gasteiger partial charge in [0.1, 0.15) is 52.0 Å². The number of halogens is 3. The highest BCUT2D eigenvalue weighted by atomic mass is 35.5. The maximum Gasteiger partial charge on any atom is 0.325 e. The zero-order valence-corrected chi connectivity index (χ0v) is 32.4. The molecule has 4 aromatic rings. The van der Waals surface area contributed by atoms with Gasteiger partial charge in [-0.3, -0.25) is 9.59 Å². The predicted molar refractivity (Wildman–Crippen MR) is 211 cm³/mol. The van der Waals surface area contributed by atoms with Crippen LogP contribution >= 0.6 is 59.5 Å². The summed E-state index contributed by atoms with van der Waals surface area (Å²) in [6.07, 6.45) is 1.96. The molecule has 276 valence electrons. The van der Waals surface area contributed by atoms with Gasteiger partial charge in [-0.15, -0.1) is 36.2 Å². The van der Waals surface area contributed by atoms with Crippen LogP contribution in [0.1, 0.15) is 43.0 Å². The van der Waals surface area contributed by atoms with Crippen LogP contribution in [0.5, 0.6) is 5.75 Å². The normalized spacial score (nSPS) is 11.5. The van der Waals surface area contributed by atoms with E-state index >= 15 is 0 Å². The van der Waals surface area contributed by atoms with Crippen LogP contribution < -0.4 is 26.4 Å². The van der Waals surface area contributed by atoms with E-state index in [1.165, 1.54) is 30.0 Å². The number of carbonyl (C=O) groups is 2. The van der Waals surface area contributed by atoms with E-state index in [2.05, 4.69) is 33.1 Å². The number of pyridine rings is 1. The molecular weight excluding hydrogens is 767 g/mol. The van der Waals surface area contributed by atoms with Crippen molar-refractivity contribution in [1.82, 2.24) is 20.6 Å². The number of unbranched alkanes of at least 4 members (excludes halogenated alkanes) is 1. The number of nitrogens with one attached hydrogen (secondary N) is 3. The molecule has 2 aromatic carbocycles. The van der Waals surface area contributed by atoms with Crippen molar-refractivity contribution in [2.24, 2.45) is 5.73 Å². The lowest BCUT2D eigenvalue weighted by atomic mass is 9.96. The van der Waals surface area contributed by atoms with Gasteiger partial charge in [0, 0.05) is 40.9 Å². The number of aliphatic carboxylic acids is 1. The third-order valence-electron chi connectivity index (χ3n) is 7.52. The highest BCUT2D eigenvalue weighted by Gasteiger charge is 2.23. The largest absolute Gasteiger partial charge is 0.492 e. The topological polar surface area (TPSA) is 199 Å². The first kappa shape index (κ1) is 44.0. The molecule has 0 saturated heterocycles. The van der Waals surface area contributed by atoms with Crippen molar-refractivity contribution in [3.05, 3.63) is 75.8 Å². The molecule has 17 heteroatoms. The number of hydrogen-bond donors (Lipinski definition) is 5. The zero-order chi connectivity index (χ0) is 36.0. The van der Waals surface area contributed by atoms with E-state index in [4.69, 9.17) is 32.2 Å². The van der Waals surface area contributed by atoms with E-state index < -0.39 is 24.0 Å². The van der Waals surface area contributed by atoms with Gasteiger partial charge in [0.05, 0.1) is 17.3 Å². The van der Waals surface area contributed by atoms with E-state index in [9.17, 15) is 20.1 Å². The molecule has 4 rings (SSSR count). The monoisotopic (exact) mass is 804 g/mol. The summed E-state index contributed by atoms with van der Waals surface area (Å²) in [5.74, 6) is -0.131. The zero-order valence-electron chi connectivity index (χ0n) is 28.3. The molecule has 0 bridgehead atoms. The fourth-order valence-corrected chi connectivity index (χ4v) is 6.84. The Kier molecular flexibility index (Phi) is 18.7. The summed E-state index contributed by atoms with van der Waals surface area (Å²) in [5.41, 5.74) is 9.04. The molecule has 1 amide bonds. The standard InChI is InChI=1S/C35H37ClN8O4S2.2ClH/c1-21(35(46)47)42-32(45)29(5-3-4-14-37)41-15-16-48-26-12-8-22(9-13-26)30-27(17-38)31(40-2)44-34(28(30)18-39)50-20-25-19-49-33(43-25)23-6-10-24(36)11-7-23;;/h6-13,19,21,29,41H,3-5,14-16,20,37H2,1-2H3,(H,40,44)(H,42,45)(H,46,47);2*1H/t21-,29-;;/m0../s1. The van der Waals surface area contributed by atoms with E-state index in [0.717, 1.165) is 22.7 Å². The smallest absolute Gasteiger partial charge is 0.325 e. The minimum Gasteiger partial charge on any atom is -0.492 e. The molecule has 0 radical (unpaired) electrons. The Labute approximate surface area is 328 Å². The third kappa shape index (κ3) is 12.0. The summed E-state index contributed by atoms with van der Waals surface area (Å²) in [7, 11) is 1.68. The van der Waals surface area contributed by atoms with Gasteiger partial charge in [-0.05, 0) is 56.1 Å². The van der Waals surface area contributed by atoms with Gasteiger partial charge >= 0.3 is 5.97 Å². The molecule has 2 heterocycles. The molecule has 0 aliphatic heterocycles. The second kappa shape index (κ2) is 22.1. The fourth-order valence-electron chi connectivity index (χ4n) is 4.91. The summed E-state index contributed by atoms with van der Waals surface area (Å²) in [5, 5.41) is 42.1. The molecule has 0 aliphatic carbocycles. The minimum absolute atomic E-state index is 0. The number of nitriles is 2. The number of thiazole rings is 1. The Morgan fingerprint density at radius 2 is 1.71 bits per heavy atom. The maximum absolute atomic E-state index is 12.7. The number of amides is 1. The van der Waals surface area contributed by atoms with E-state index in [-0.39, 0.29) is 42.5 Å². The molecule has 0 fully saturated rings. The summed E-state index contributed by atoms with van der Waals surface area (Å²) in [4.78, 5) is 33.2. The number of aromatic nitrogens is 2. The lowest BCUT2D eigenvalue weighted by molar-refractivity contribution is -0.141. The maximum atomic E-state index is 12.7. The molecule has 2 atom stereocenters. The van der Waals surface area contributed by atoms with Gasteiger partial charge in [-0.25, -0.2) is 9.97 Å². The third-order valence-corrected chi connectivity index (χ3v) is 9.72. The first-order valence-corrected chi connectivity index (χ1v) is 18.0. The van der Waals surface area contributed by atoms with Gasteiger partial charge in [0.15, 0.2) is 0 Å². The van der Waals surface area contributed by atoms with Crippen LogP contribution in [0.25, 0.3) is 21.7 Å². The van der Waals surface area contributed by atoms with Gasteiger partial charge in [-0.1, -0.05) is 54.0 Å². The fraction of sp³-hybridized carbons (Fsp3) is 0.314. The molecule has 2 aromatic heterocycles. The predicted octanol–water partition coefficient (Wildman–Crippen LogP) is 6.50. The Balaban J connectivity index is 0.00000468. The van der Waals surface area contributed by atoms with Crippen molar-refractivity contribution in [3.63, 3.8) is 0 Å². The highest BCUT2D eigenvalue weighted by molar-refractivity contribution is 7.98. The second-order valence-electron chi connectivity index (χ2n) is 11.0. The van der Waals surface area contributed by atoms with Crippen LogP contribution in [0.3, 0.4) is 0 Å². The second-order valence-corrected chi connectivity index (χ2v) is 13.3. The number of benzene rings is 2. The summed E-state index contributed by atoms with van der Waals surface area (Å²) in [6.45, 7) is 2.48. The lowest BCUT2D eigenvalue weighted by Gasteiger charge is -2.20. The Morgan fingerprint density at radius 3 is 2.33 bits per heavy atom. The van der Waals surface area contributed by atoms with Crippen molar-refractivity contribution >= 4 is 77.2 Å². The minimum atomic E-state index is -1.11. The van der Waals surface area contributed by atoms with Crippen LogP contribution in [0.2, 0.25) is 5.02 Å². The van der Waals surface area contributed by atoms with E-state index in [1.54, 1.807) is 31.3 Å². The van der Waals surface area contributed by atoms with Crippen molar-refractivity contribution in [3.8, 4) is 39.6 Å². The SMILES string of the molecule is CNc1nc(SCc2csc(-c3ccc(Cl)cc3)n2)c(C#N)c(-c2ccc(OCCN[C@@H](CCCCN)C(=O)N[C@@H](C)C(=O)O)cc2)c1C#N.Cl.Cl. The van der Waals surface area contributed by atoms with Crippen LogP contribution in [-0.2, 0) is 15.3 Å². The molecule has 0 spiro atoms. The lowest BCUT2D eigenvalue weighted by Crippen LogP contribution is -2.50.